The van der Waals surface area contributed by atoms with Gasteiger partial charge in [0.2, 0.25) is 11.8 Å². The molecule has 2 aromatic rings. The summed E-state index contributed by atoms with van der Waals surface area (Å²) in [6.07, 6.45) is 0.347. The van der Waals surface area contributed by atoms with E-state index in [2.05, 4.69) is 20.7 Å². The highest BCUT2D eigenvalue weighted by molar-refractivity contribution is 5.99. The molecule has 0 atom stereocenters. The van der Waals surface area contributed by atoms with Crippen LogP contribution in [0.5, 0.6) is 11.5 Å². The molecule has 166 valence electrons. The molecule has 10 heteroatoms. The Bertz CT molecular complexity index is 932. The maximum Gasteiger partial charge on any atom is 0.387 e. The number of carbonyl (C=O) groups excluding carboxylic acids is 3. The zero-order valence-electron chi connectivity index (χ0n) is 17.3. The molecular weight excluding hydrogens is 412 g/mol. The third-order valence-electron chi connectivity index (χ3n) is 3.98. The zero-order valence-corrected chi connectivity index (χ0v) is 17.3. The van der Waals surface area contributed by atoms with E-state index in [0.29, 0.717) is 23.4 Å². The van der Waals surface area contributed by atoms with Gasteiger partial charge >= 0.3 is 6.61 Å². The molecule has 0 aliphatic heterocycles. The monoisotopic (exact) mass is 435 g/mol. The summed E-state index contributed by atoms with van der Waals surface area (Å²) in [5.41, 5.74) is 1.59. The summed E-state index contributed by atoms with van der Waals surface area (Å²) in [6, 6.07) is 9.08. The Balaban J connectivity index is 2.08. The fourth-order valence-corrected chi connectivity index (χ4v) is 2.80. The quantitative estimate of drug-likeness (QED) is 0.561. The van der Waals surface area contributed by atoms with Gasteiger partial charge in [0.1, 0.15) is 0 Å². The van der Waals surface area contributed by atoms with Crippen molar-refractivity contribution >= 4 is 29.1 Å². The smallest absolute Gasteiger partial charge is 0.387 e. The van der Waals surface area contributed by atoms with Gasteiger partial charge in [0.15, 0.2) is 11.5 Å². The molecule has 2 aromatic carbocycles. The van der Waals surface area contributed by atoms with Crippen molar-refractivity contribution in [3.05, 3.63) is 47.5 Å². The molecule has 0 heterocycles. The van der Waals surface area contributed by atoms with Gasteiger partial charge in [-0.25, -0.2) is 0 Å². The second-order valence-electron chi connectivity index (χ2n) is 6.53. The lowest BCUT2D eigenvalue weighted by molar-refractivity contribution is -0.115. The summed E-state index contributed by atoms with van der Waals surface area (Å²) in [4.78, 5) is 35.2. The summed E-state index contributed by atoms with van der Waals surface area (Å²) in [6.45, 7) is -0.131. The van der Waals surface area contributed by atoms with E-state index < -0.39 is 12.5 Å². The molecule has 0 saturated heterocycles. The third kappa shape index (κ3) is 7.57. The van der Waals surface area contributed by atoms with Crippen molar-refractivity contribution in [1.29, 1.82) is 0 Å². The Morgan fingerprint density at radius 3 is 2.06 bits per heavy atom. The minimum absolute atomic E-state index is 0.0933. The molecule has 3 amide bonds. The number of amides is 3. The number of benzene rings is 2. The van der Waals surface area contributed by atoms with Crippen molar-refractivity contribution in [3.8, 4) is 11.5 Å². The van der Waals surface area contributed by atoms with Crippen LogP contribution in [0.15, 0.2) is 36.4 Å². The predicted octanol–water partition coefficient (Wildman–Crippen LogP) is 3.19. The first kappa shape index (κ1) is 23.6. The molecule has 0 bridgehead atoms. The maximum atomic E-state index is 12.6. The van der Waals surface area contributed by atoms with Gasteiger partial charge in [0, 0.05) is 37.3 Å². The fourth-order valence-electron chi connectivity index (χ4n) is 2.80. The highest BCUT2D eigenvalue weighted by atomic mass is 19.3. The van der Waals surface area contributed by atoms with Crippen LogP contribution in [0.25, 0.3) is 0 Å². The lowest BCUT2D eigenvalue weighted by Crippen LogP contribution is -2.26. The Labute approximate surface area is 177 Å². The first-order valence-corrected chi connectivity index (χ1v) is 9.28. The largest absolute Gasteiger partial charge is 0.493 e. The van der Waals surface area contributed by atoms with Crippen LogP contribution in [0.2, 0.25) is 0 Å². The number of alkyl halides is 2. The SMILES string of the molecule is COc1ccc(CCNC(=O)c2cc(NC(C)=O)cc(NC(C)=O)c2)cc1OC(F)F. The van der Waals surface area contributed by atoms with Gasteiger partial charge in [-0.3, -0.25) is 14.4 Å². The second kappa shape index (κ2) is 10.9. The summed E-state index contributed by atoms with van der Waals surface area (Å²) >= 11 is 0. The number of ether oxygens (including phenoxy) is 2. The summed E-state index contributed by atoms with van der Waals surface area (Å²) in [5, 5.41) is 7.85. The third-order valence-corrected chi connectivity index (χ3v) is 3.98. The van der Waals surface area contributed by atoms with Crippen LogP contribution in [-0.4, -0.2) is 38.0 Å². The second-order valence-corrected chi connectivity index (χ2v) is 6.53. The van der Waals surface area contributed by atoms with Gasteiger partial charge in [0.25, 0.3) is 5.91 Å². The summed E-state index contributed by atoms with van der Waals surface area (Å²) in [7, 11) is 1.35. The number of nitrogens with one attached hydrogen (secondary N) is 3. The van der Waals surface area contributed by atoms with Crippen molar-refractivity contribution in [2.75, 3.05) is 24.3 Å². The average Bonchev–Trinajstić information content (AvgIpc) is 2.66. The van der Waals surface area contributed by atoms with Gasteiger partial charge in [-0.1, -0.05) is 6.07 Å². The molecule has 0 aromatic heterocycles. The van der Waals surface area contributed by atoms with Crippen LogP contribution >= 0.6 is 0 Å². The van der Waals surface area contributed by atoms with E-state index in [-0.39, 0.29) is 35.4 Å². The number of rotatable bonds is 9. The number of hydrogen-bond acceptors (Lipinski definition) is 5. The van der Waals surface area contributed by atoms with Crippen molar-refractivity contribution in [2.45, 2.75) is 26.9 Å². The highest BCUT2D eigenvalue weighted by Crippen LogP contribution is 2.29. The van der Waals surface area contributed by atoms with Crippen LogP contribution in [0.4, 0.5) is 20.2 Å². The van der Waals surface area contributed by atoms with Crippen molar-refractivity contribution < 1.29 is 32.6 Å². The fraction of sp³-hybridized carbons (Fsp3) is 0.286. The molecule has 0 aliphatic rings. The number of anilines is 2. The Morgan fingerprint density at radius 2 is 1.55 bits per heavy atom. The van der Waals surface area contributed by atoms with E-state index in [1.807, 2.05) is 0 Å². The Hall–Kier alpha value is -3.69. The molecule has 2 rings (SSSR count). The van der Waals surface area contributed by atoms with Crippen LogP contribution in [0, 0.1) is 0 Å². The predicted molar refractivity (Wildman–Crippen MR) is 111 cm³/mol. The van der Waals surface area contributed by atoms with Crippen molar-refractivity contribution in [2.24, 2.45) is 0 Å². The van der Waals surface area contributed by atoms with E-state index in [9.17, 15) is 23.2 Å². The van der Waals surface area contributed by atoms with Gasteiger partial charge in [-0.15, -0.1) is 0 Å². The summed E-state index contributed by atoms with van der Waals surface area (Å²) in [5.74, 6) is -1.01. The van der Waals surface area contributed by atoms with Crippen molar-refractivity contribution in [3.63, 3.8) is 0 Å². The molecule has 31 heavy (non-hydrogen) atoms. The molecule has 0 spiro atoms. The number of methoxy groups -OCH3 is 1. The van der Waals surface area contributed by atoms with E-state index in [0.717, 1.165) is 0 Å². The van der Waals surface area contributed by atoms with Gasteiger partial charge < -0.3 is 25.4 Å². The van der Waals surface area contributed by atoms with E-state index in [1.54, 1.807) is 6.07 Å². The molecule has 0 radical (unpaired) electrons. The highest BCUT2D eigenvalue weighted by Gasteiger charge is 2.13. The van der Waals surface area contributed by atoms with Gasteiger partial charge in [0.05, 0.1) is 7.11 Å². The van der Waals surface area contributed by atoms with Gasteiger partial charge in [-0.2, -0.15) is 8.78 Å². The first-order chi connectivity index (χ1) is 14.7. The molecule has 8 nitrogen and oxygen atoms in total. The van der Waals surface area contributed by atoms with Crippen LogP contribution in [0.1, 0.15) is 29.8 Å². The zero-order chi connectivity index (χ0) is 23.0. The lowest BCUT2D eigenvalue weighted by atomic mass is 10.1. The number of hydrogen-bond donors (Lipinski definition) is 3. The van der Waals surface area contributed by atoms with Crippen molar-refractivity contribution in [1.82, 2.24) is 5.32 Å². The molecule has 0 fully saturated rings. The molecular formula is C21H23F2N3O5. The number of carbonyl (C=O) groups is 3. The van der Waals surface area contributed by atoms with Crippen LogP contribution in [-0.2, 0) is 16.0 Å². The molecule has 0 aliphatic carbocycles. The van der Waals surface area contributed by atoms with E-state index >= 15 is 0 Å². The molecule has 0 unspecified atom stereocenters. The van der Waals surface area contributed by atoms with Crippen LogP contribution < -0.4 is 25.4 Å². The maximum absolute atomic E-state index is 12.6. The average molecular weight is 435 g/mol. The Morgan fingerprint density at radius 1 is 0.935 bits per heavy atom. The minimum Gasteiger partial charge on any atom is -0.493 e. The topological polar surface area (TPSA) is 106 Å². The summed E-state index contributed by atoms with van der Waals surface area (Å²) < 4.78 is 34.5. The van der Waals surface area contributed by atoms with Gasteiger partial charge in [-0.05, 0) is 42.3 Å². The molecule has 0 saturated carbocycles. The van der Waals surface area contributed by atoms with E-state index in [4.69, 9.17) is 4.74 Å². The van der Waals surface area contributed by atoms with E-state index in [1.165, 1.54) is 51.3 Å². The first-order valence-electron chi connectivity index (χ1n) is 9.28. The lowest BCUT2D eigenvalue weighted by Gasteiger charge is -2.13. The number of halogens is 2. The van der Waals surface area contributed by atoms with Crippen LogP contribution in [0.3, 0.4) is 0 Å². The normalized spacial score (nSPS) is 10.4. The molecule has 3 N–H and O–H groups in total. The minimum atomic E-state index is -2.99. The standard InChI is InChI=1S/C21H23F2N3O5/c1-12(27)25-16-9-15(10-17(11-16)26-13(2)28)20(29)24-7-6-14-4-5-18(30-3)19(8-14)31-21(22)23/h4-5,8-11,21H,6-7H2,1-3H3,(H,24,29)(H,25,27)(H,26,28). The Kier molecular flexibility index (Phi) is 8.30.